The van der Waals surface area contributed by atoms with Gasteiger partial charge in [-0.1, -0.05) is 11.6 Å². The van der Waals surface area contributed by atoms with Gasteiger partial charge in [0.2, 0.25) is 0 Å². The summed E-state index contributed by atoms with van der Waals surface area (Å²) in [4.78, 5) is 2.14. The van der Waals surface area contributed by atoms with Crippen molar-refractivity contribution in [3.63, 3.8) is 0 Å². The standard InChI is InChI=1S/C11H15ClN2O/c1-7-4-10(13)9(12)5-11(7)14-3-2-8(15)6-14/h4-5,8,15H,2-3,6,13H2,1H3. The van der Waals surface area contributed by atoms with Crippen molar-refractivity contribution >= 4 is 23.0 Å². The number of aliphatic hydroxyl groups excluding tert-OH is 1. The van der Waals surface area contributed by atoms with Gasteiger partial charge in [-0.05, 0) is 31.0 Å². The number of aryl methyl sites for hydroxylation is 1. The average Bonchev–Trinajstić information content (AvgIpc) is 2.58. The van der Waals surface area contributed by atoms with Gasteiger partial charge in [0.1, 0.15) is 0 Å². The molecule has 0 amide bonds. The molecule has 0 saturated carbocycles. The van der Waals surface area contributed by atoms with E-state index < -0.39 is 0 Å². The number of nitrogens with two attached hydrogens (primary N) is 1. The molecule has 1 atom stereocenters. The molecule has 3 N–H and O–H groups in total. The molecule has 3 nitrogen and oxygen atoms in total. The second-order valence-electron chi connectivity index (χ2n) is 4.05. The summed E-state index contributed by atoms with van der Waals surface area (Å²) < 4.78 is 0. The topological polar surface area (TPSA) is 49.5 Å². The number of benzene rings is 1. The Kier molecular flexibility index (Phi) is 2.76. The van der Waals surface area contributed by atoms with E-state index in [1.165, 1.54) is 0 Å². The molecule has 1 heterocycles. The van der Waals surface area contributed by atoms with Crippen LogP contribution in [0.15, 0.2) is 12.1 Å². The lowest BCUT2D eigenvalue weighted by molar-refractivity contribution is 0.198. The van der Waals surface area contributed by atoms with Crippen molar-refractivity contribution in [2.75, 3.05) is 23.7 Å². The molecule has 0 aliphatic carbocycles. The summed E-state index contributed by atoms with van der Waals surface area (Å²) in [7, 11) is 0. The number of halogens is 1. The maximum absolute atomic E-state index is 9.48. The van der Waals surface area contributed by atoms with Crippen LogP contribution in [0.25, 0.3) is 0 Å². The lowest BCUT2D eigenvalue weighted by atomic mass is 10.1. The third kappa shape index (κ3) is 2.03. The van der Waals surface area contributed by atoms with Gasteiger partial charge in [0.15, 0.2) is 0 Å². The largest absolute Gasteiger partial charge is 0.398 e. The summed E-state index contributed by atoms with van der Waals surface area (Å²) in [5, 5.41) is 10.1. The van der Waals surface area contributed by atoms with Crippen LogP contribution in [-0.2, 0) is 0 Å². The van der Waals surface area contributed by atoms with E-state index in [2.05, 4.69) is 4.90 Å². The number of nitrogen functional groups attached to an aromatic ring is 1. The molecular weight excluding hydrogens is 212 g/mol. The lowest BCUT2D eigenvalue weighted by Crippen LogP contribution is -2.22. The number of anilines is 2. The zero-order valence-electron chi connectivity index (χ0n) is 8.70. The Balaban J connectivity index is 2.32. The first kappa shape index (κ1) is 10.6. The lowest BCUT2D eigenvalue weighted by Gasteiger charge is -2.21. The highest BCUT2D eigenvalue weighted by atomic mass is 35.5. The Bertz CT molecular complexity index is 381. The van der Waals surface area contributed by atoms with Gasteiger partial charge in [0.25, 0.3) is 0 Å². The van der Waals surface area contributed by atoms with Crippen LogP contribution in [0.5, 0.6) is 0 Å². The number of hydrogen-bond donors (Lipinski definition) is 2. The predicted octanol–water partition coefficient (Wildman–Crippen LogP) is 1.80. The zero-order chi connectivity index (χ0) is 11.0. The summed E-state index contributed by atoms with van der Waals surface area (Å²) in [5.74, 6) is 0. The molecule has 1 saturated heterocycles. The van der Waals surface area contributed by atoms with E-state index in [0.717, 1.165) is 24.2 Å². The van der Waals surface area contributed by atoms with E-state index in [-0.39, 0.29) is 6.10 Å². The Morgan fingerprint density at radius 3 is 2.87 bits per heavy atom. The third-order valence-corrected chi connectivity index (χ3v) is 3.15. The zero-order valence-corrected chi connectivity index (χ0v) is 9.46. The molecule has 1 aliphatic heterocycles. The van der Waals surface area contributed by atoms with Gasteiger partial charge in [-0.25, -0.2) is 0 Å². The molecule has 82 valence electrons. The first-order chi connectivity index (χ1) is 7.08. The summed E-state index contributed by atoms with van der Waals surface area (Å²) in [6.45, 7) is 3.57. The highest BCUT2D eigenvalue weighted by molar-refractivity contribution is 6.33. The van der Waals surface area contributed by atoms with Crippen LogP contribution in [0.1, 0.15) is 12.0 Å². The molecule has 1 aromatic carbocycles. The van der Waals surface area contributed by atoms with E-state index >= 15 is 0 Å². The molecule has 0 aromatic heterocycles. The maximum atomic E-state index is 9.48. The Morgan fingerprint density at radius 2 is 2.27 bits per heavy atom. The number of aliphatic hydroxyl groups is 1. The van der Waals surface area contributed by atoms with Gasteiger partial charge in [0.05, 0.1) is 16.8 Å². The molecule has 1 aromatic rings. The van der Waals surface area contributed by atoms with Crippen LogP contribution in [0, 0.1) is 6.92 Å². The van der Waals surface area contributed by atoms with Crippen LogP contribution in [0.4, 0.5) is 11.4 Å². The molecule has 2 rings (SSSR count). The van der Waals surface area contributed by atoms with Gasteiger partial charge < -0.3 is 15.7 Å². The van der Waals surface area contributed by atoms with E-state index in [0.29, 0.717) is 17.3 Å². The van der Waals surface area contributed by atoms with Crippen molar-refractivity contribution in [3.05, 3.63) is 22.7 Å². The minimum Gasteiger partial charge on any atom is -0.398 e. The van der Waals surface area contributed by atoms with Crippen LogP contribution in [0.3, 0.4) is 0 Å². The Morgan fingerprint density at radius 1 is 1.53 bits per heavy atom. The first-order valence-electron chi connectivity index (χ1n) is 5.06. The number of β-amino-alcohol motifs (C(OH)–C–C–N with tert-alkyl or cyclic N) is 1. The van der Waals surface area contributed by atoms with E-state index in [4.69, 9.17) is 17.3 Å². The van der Waals surface area contributed by atoms with E-state index in [1.54, 1.807) is 0 Å². The van der Waals surface area contributed by atoms with Crippen LogP contribution in [0.2, 0.25) is 5.02 Å². The van der Waals surface area contributed by atoms with Gasteiger partial charge >= 0.3 is 0 Å². The average molecular weight is 227 g/mol. The van der Waals surface area contributed by atoms with Gasteiger partial charge in [0, 0.05) is 18.8 Å². The summed E-state index contributed by atoms with van der Waals surface area (Å²) in [5.41, 5.74) is 8.50. The van der Waals surface area contributed by atoms with Gasteiger partial charge in [-0.15, -0.1) is 0 Å². The molecule has 0 spiro atoms. The van der Waals surface area contributed by atoms with Crippen molar-refractivity contribution in [2.45, 2.75) is 19.4 Å². The summed E-state index contributed by atoms with van der Waals surface area (Å²) in [6.07, 6.45) is 0.599. The third-order valence-electron chi connectivity index (χ3n) is 2.82. The van der Waals surface area contributed by atoms with Crippen molar-refractivity contribution < 1.29 is 5.11 Å². The molecular formula is C11H15ClN2O. The number of hydrogen-bond acceptors (Lipinski definition) is 3. The maximum Gasteiger partial charge on any atom is 0.0731 e. The van der Waals surface area contributed by atoms with Crippen molar-refractivity contribution in [1.82, 2.24) is 0 Å². The smallest absolute Gasteiger partial charge is 0.0731 e. The van der Waals surface area contributed by atoms with E-state index in [9.17, 15) is 5.11 Å². The normalized spacial score (nSPS) is 21.0. The molecule has 1 fully saturated rings. The fraction of sp³-hybridized carbons (Fsp3) is 0.455. The Labute approximate surface area is 94.4 Å². The predicted molar refractivity (Wildman–Crippen MR) is 63.4 cm³/mol. The second-order valence-corrected chi connectivity index (χ2v) is 4.46. The molecule has 15 heavy (non-hydrogen) atoms. The van der Waals surface area contributed by atoms with Crippen molar-refractivity contribution in [2.24, 2.45) is 0 Å². The van der Waals surface area contributed by atoms with Gasteiger partial charge in [-0.3, -0.25) is 0 Å². The minimum absolute atomic E-state index is 0.222. The SMILES string of the molecule is Cc1cc(N)c(Cl)cc1N1CCC(O)C1. The monoisotopic (exact) mass is 226 g/mol. The molecule has 0 bridgehead atoms. The highest BCUT2D eigenvalue weighted by Crippen LogP contribution is 2.31. The van der Waals surface area contributed by atoms with Crippen LogP contribution < -0.4 is 10.6 Å². The van der Waals surface area contributed by atoms with Crippen LogP contribution in [-0.4, -0.2) is 24.3 Å². The number of rotatable bonds is 1. The highest BCUT2D eigenvalue weighted by Gasteiger charge is 2.22. The van der Waals surface area contributed by atoms with E-state index in [1.807, 2.05) is 19.1 Å². The minimum atomic E-state index is -0.222. The Hall–Kier alpha value is -0.930. The van der Waals surface area contributed by atoms with Crippen molar-refractivity contribution in [1.29, 1.82) is 0 Å². The molecule has 4 heteroatoms. The van der Waals surface area contributed by atoms with Crippen molar-refractivity contribution in [3.8, 4) is 0 Å². The van der Waals surface area contributed by atoms with Crippen LogP contribution >= 0.6 is 11.6 Å². The fourth-order valence-corrected chi connectivity index (χ4v) is 2.15. The molecule has 1 unspecified atom stereocenters. The molecule has 0 radical (unpaired) electrons. The second kappa shape index (κ2) is 3.91. The first-order valence-corrected chi connectivity index (χ1v) is 5.44. The van der Waals surface area contributed by atoms with Gasteiger partial charge in [-0.2, -0.15) is 0 Å². The quantitative estimate of drug-likeness (QED) is 0.718. The fourth-order valence-electron chi connectivity index (χ4n) is 1.99. The summed E-state index contributed by atoms with van der Waals surface area (Å²) in [6, 6.07) is 3.76. The number of nitrogens with zero attached hydrogens (tertiary/aromatic N) is 1. The summed E-state index contributed by atoms with van der Waals surface area (Å²) >= 11 is 5.99. The molecule has 1 aliphatic rings.